The Bertz CT molecular complexity index is 484. The van der Waals surface area contributed by atoms with Gasteiger partial charge in [-0.3, -0.25) is 14.9 Å². The molecule has 0 radical (unpaired) electrons. The van der Waals surface area contributed by atoms with Crippen LogP contribution in [0.25, 0.3) is 0 Å². The molecule has 2 rings (SSSR count). The quantitative estimate of drug-likeness (QED) is 0.663. The van der Waals surface area contributed by atoms with Crippen LogP contribution < -0.4 is 16.0 Å². The van der Waals surface area contributed by atoms with E-state index in [4.69, 9.17) is 5.73 Å². The number of rotatable bonds is 1. The Balaban J connectivity index is 2.46. The van der Waals surface area contributed by atoms with E-state index in [0.29, 0.717) is 11.5 Å². The summed E-state index contributed by atoms with van der Waals surface area (Å²) in [5.74, 6) is -0.237. The Hall–Kier alpha value is -2.11. The topological polar surface area (TPSA) is 88.3 Å². The molecule has 17 heavy (non-hydrogen) atoms. The maximum absolute atomic E-state index is 11.8. The molecule has 1 fully saturated rings. The molecule has 1 saturated heterocycles. The zero-order valence-electron chi connectivity index (χ0n) is 9.73. The fraction of sp³-hybridized carbons (Fsp3) is 0.364. The number of hydrogen-bond donors (Lipinski definition) is 2. The van der Waals surface area contributed by atoms with Gasteiger partial charge in [-0.25, -0.2) is 4.98 Å². The molecule has 6 heteroatoms. The van der Waals surface area contributed by atoms with Gasteiger partial charge < -0.3 is 10.6 Å². The normalized spacial score (nSPS) is 19.1. The second kappa shape index (κ2) is 3.73. The van der Waals surface area contributed by atoms with Crippen molar-refractivity contribution in [1.82, 2.24) is 10.3 Å². The average Bonchev–Trinajstić information content (AvgIpc) is 2.25. The van der Waals surface area contributed by atoms with Gasteiger partial charge in [-0.15, -0.1) is 0 Å². The number of pyridine rings is 1. The maximum Gasteiger partial charge on any atom is 0.251 e. The van der Waals surface area contributed by atoms with Gasteiger partial charge in [-0.05, 0) is 26.0 Å². The van der Waals surface area contributed by atoms with E-state index in [1.165, 1.54) is 0 Å². The number of nitrogen functional groups attached to an aromatic ring is 1. The fourth-order valence-corrected chi connectivity index (χ4v) is 1.76. The zero-order chi connectivity index (χ0) is 12.6. The van der Waals surface area contributed by atoms with E-state index in [1.54, 1.807) is 37.1 Å². The van der Waals surface area contributed by atoms with Crippen LogP contribution in [0, 0.1) is 0 Å². The second-order valence-electron chi connectivity index (χ2n) is 4.44. The van der Waals surface area contributed by atoms with Gasteiger partial charge in [0.05, 0.1) is 12.2 Å². The van der Waals surface area contributed by atoms with Crippen LogP contribution in [0.5, 0.6) is 0 Å². The molecule has 2 amide bonds. The minimum Gasteiger partial charge on any atom is -0.396 e. The smallest absolute Gasteiger partial charge is 0.251 e. The Morgan fingerprint density at radius 3 is 2.82 bits per heavy atom. The highest BCUT2D eigenvalue weighted by Crippen LogP contribution is 2.28. The molecule has 0 unspecified atom stereocenters. The van der Waals surface area contributed by atoms with E-state index in [9.17, 15) is 9.59 Å². The maximum atomic E-state index is 11.8. The molecule has 0 aromatic carbocycles. The van der Waals surface area contributed by atoms with Crippen molar-refractivity contribution in [3.05, 3.63) is 18.3 Å². The molecule has 0 saturated carbocycles. The van der Waals surface area contributed by atoms with Crippen LogP contribution in [0.15, 0.2) is 18.3 Å². The van der Waals surface area contributed by atoms with Crippen LogP contribution in [0.2, 0.25) is 0 Å². The second-order valence-corrected chi connectivity index (χ2v) is 4.44. The summed E-state index contributed by atoms with van der Waals surface area (Å²) < 4.78 is 0. The van der Waals surface area contributed by atoms with Crippen LogP contribution in [-0.2, 0) is 9.59 Å². The van der Waals surface area contributed by atoms with Crippen molar-refractivity contribution in [3.63, 3.8) is 0 Å². The Morgan fingerprint density at radius 2 is 2.18 bits per heavy atom. The van der Waals surface area contributed by atoms with E-state index >= 15 is 0 Å². The molecular weight excluding hydrogens is 220 g/mol. The number of carbonyl (C=O) groups excluding carboxylic acids is 2. The van der Waals surface area contributed by atoms with Gasteiger partial charge in [0, 0.05) is 6.20 Å². The standard InChI is InChI=1S/C11H14N4O2/c1-11(2)10(17)14-8(16)6-15(11)9-7(12)4-3-5-13-9/h3-5H,6,12H2,1-2H3,(H,14,16,17). The molecule has 0 spiro atoms. The fourth-order valence-electron chi connectivity index (χ4n) is 1.76. The van der Waals surface area contributed by atoms with Crippen molar-refractivity contribution >= 4 is 23.3 Å². The number of hydrogen-bond acceptors (Lipinski definition) is 5. The third-order valence-corrected chi connectivity index (χ3v) is 2.86. The van der Waals surface area contributed by atoms with Crippen molar-refractivity contribution < 1.29 is 9.59 Å². The molecule has 6 nitrogen and oxygen atoms in total. The lowest BCUT2D eigenvalue weighted by Gasteiger charge is -2.41. The highest BCUT2D eigenvalue weighted by molar-refractivity contribution is 6.06. The number of carbonyl (C=O) groups is 2. The van der Waals surface area contributed by atoms with E-state index < -0.39 is 5.54 Å². The summed E-state index contributed by atoms with van der Waals surface area (Å²) in [4.78, 5) is 28.9. The molecule has 0 atom stereocenters. The van der Waals surface area contributed by atoms with Crippen molar-refractivity contribution in [1.29, 1.82) is 0 Å². The third kappa shape index (κ3) is 1.82. The number of imide groups is 1. The number of anilines is 2. The van der Waals surface area contributed by atoms with Gasteiger partial charge in [-0.1, -0.05) is 0 Å². The van der Waals surface area contributed by atoms with Crippen molar-refractivity contribution in [3.8, 4) is 0 Å². The van der Waals surface area contributed by atoms with Crippen molar-refractivity contribution in [2.45, 2.75) is 19.4 Å². The van der Waals surface area contributed by atoms with Crippen molar-refractivity contribution in [2.75, 3.05) is 17.2 Å². The van der Waals surface area contributed by atoms with Gasteiger partial charge in [0.25, 0.3) is 5.91 Å². The molecule has 1 aliphatic heterocycles. The molecule has 2 heterocycles. The minimum atomic E-state index is -0.851. The summed E-state index contributed by atoms with van der Waals surface area (Å²) in [5, 5.41) is 2.30. The van der Waals surface area contributed by atoms with Gasteiger partial charge in [0.1, 0.15) is 5.54 Å². The summed E-state index contributed by atoms with van der Waals surface area (Å²) in [6, 6.07) is 3.40. The molecule has 3 N–H and O–H groups in total. The number of nitrogens with zero attached hydrogens (tertiary/aromatic N) is 2. The van der Waals surface area contributed by atoms with Crippen LogP contribution >= 0.6 is 0 Å². The Morgan fingerprint density at radius 1 is 1.47 bits per heavy atom. The van der Waals surface area contributed by atoms with Crippen LogP contribution in [0.1, 0.15) is 13.8 Å². The molecule has 1 aromatic rings. The molecule has 0 aliphatic carbocycles. The summed E-state index contributed by atoms with van der Waals surface area (Å²) in [6.45, 7) is 3.52. The lowest BCUT2D eigenvalue weighted by Crippen LogP contribution is -2.64. The SMILES string of the molecule is CC1(C)C(=O)NC(=O)CN1c1ncccc1N. The summed E-state index contributed by atoms with van der Waals surface area (Å²) in [6.07, 6.45) is 1.58. The summed E-state index contributed by atoms with van der Waals surface area (Å²) >= 11 is 0. The first-order chi connectivity index (χ1) is 7.93. The number of piperazine rings is 1. The number of nitrogens with two attached hydrogens (primary N) is 1. The van der Waals surface area contributed by atoms with Crippen molar-refractivity contribution in [2.24, 2.45) is 0 Å². The predicted octanol–water partition coefficient (Wildman–Crippen LogP) is -0.0948. The van der Waals surface area contributed by atoms with Gasteiger partial charge in [0.2, 0.25) is 5.91 Å². The van der Waals surface area contributed by atoms with Gasteiger partial charge in [0.15, 0.2) is 5.82 Å². The molecular formula is C11H14N4O2. The minimum absolute atomic E-state index is 0.0694. The van der Waals surface area contributed by atoms with Crippen LogP contribution in [-0.4, -0.2) is 28.9 Å². The average molecular weight is 234 g/mol. The highest BCUT2D eigenvalue weighted by Gasteiger charge is 2.42. The molecule has 1 aromatic heterocycles. The van der Waals surface area contributed by atoms with E-state index in [1.807, 2.05) is 0 Å². The zero-order valence-corrected chi connectivity index (χ0v) is 9.73. The van der Waals surface area contributed by atoms with Crippen LogP contribution in [0.4, 0.5) is 11.5 Å². The van der Waals surface area contributed by atoms with Gasteiger partial charge >= 0.3 is 0 Å². The first-order valence-electron chi connectivity index (χ1n) is 5.25. The molecule has 0 bridgehead atoms. The van der Waals surface area contributed by atoms with Crippen LogP contribution in [0.3, 0.4) is 0 Å². The third-order valence-electron chi connectivity index (χ3n) is 2.86. The molecule has 90 valence electrons. The predicted molar refractivity (Wildman–Crippen MR) is 63.2 cm³/mol. The number of aromatic nitrogens is 1. The summed E-state index contributed by atoms with van der Waals surface area (Å²) in [5.41, 5.74) is 5.41. The first kappa shape index (κ1) is 11.4. The highest BCUT2D eigenvalue weighted by atomic mass is 16.2. The number of amides is 2. The molecule has 1 aliphatic rings. The van der Waals surface area contributed by atoms with E-state index in [2.05, 4.69) is 10.3 Å². The Labute approximate surface area is 98.8 Å². The first-order valence-corrected chi connectivity index (χ1v) is 5.25. The monoisotopic (exact) mass is 234 g/mol. The number of nitrogens with one attached hydrogen (secondary N) is 1. The summed E-state index contributed by atoms with van der Waals surface area (Å²) in [7, 11) is 0. The largest absolute Gasteiger partial charge is 0.396 e. The lowest BCUT2D eigenvalue weighted by molar-refractivity contribution is -0.135. The Kier molecular flexibility index (Phi) is 2.49. The van der Waals surface area contributed by atoms with Gasteiger partial charge in [-0.2, -0.15) is 0 Å². The van der Waals surface area contributed by atoms with E-state index in [0.717, 1.165) is 0 Å². The lowest BCUT2D eigenvalue weighted by atomic mass is 9.98. The van der Waals surface area contributed by atoms with E-state index in [-0.39, 0.29) is 18.4 Å².